The van der Waals surface area contributed by atoms with Gasteiger partial charge in [-0.15, -0.1) is 11.8 Å². The fraction of sp³-hybridized carbons (Fsp3) is 0.784. The van der Waals surface area contributed by atoms with Crippen LogP contribution in [0.2, 0.25) is 0 Å². The molecular weight excluding hydrogens is 747 g/mol. The number of carboxylic acids is 2. The number of aliphatic imine (C=N–C) groups is 1. The predicted octanol–water partition coefficient (Wildman–Crippen LogP) is 0.207. The normalized spacial score (nSPS) is 18.2. The third kappa shape index (κ3) is 17.5. The molecular formula is C37H67N9O9S. The first kappa shape index (κ1) is 50.2. The summed E-state index contributed by atoms with van der Waals surface area (Å²) in [6.45, 7) is 11.8. The zero-order valence-corrected chi connectivity index (χ0v) is 34.6. The van der Waals surface area contributed by atoms with Crippen molar-refractivity contribution >= 4 is 58.3 Å². The van der Waals surface area contributed by atoms with E-state index in [9.17, 15) is 43.8 Å². The molecule has 0 radical (unpaired) electrons. The smallest absolute Gasteiger partial charge is 0.326 e. The predicted molar refractivity (Wildman–Crippen MR) is 215 cm³/mol. The molecule has 320 valence electrons. The SMILES string of the molecule is CC[C@@H](C)[C@@H](N)C1=NC(C(=O)N[C@@H](CC(C)C)C(=O)N[C@H](CCC(=O)O)C(=O)N[C@H](C(=O)N[C@@H](CCCCN)C(=O)N[C@H](CCCN)C(=O)O)[C@@H](C)CC)CS1. The molecule has 0 spiro atoms. The fourth-order valence-electron chi connectivity index (χ4n) is 5.82. The van der Waals surface area contributed by atoms with Gasteiger partial charge in [0.25, 0.3) is 0 Å². The zero-order valence-electron chi connectivity index (χ0n) is 33.8. The van der Waals surface area contributed by atoms with Gasteiger partial charge in [0, 0.05) is 12.2 Å². The van der Waals surface area contributed by atoms with Crippen molar-refractivity contribution < 1.29 is 43.8 Å². The maximum atomic E-state index is 13.8. The van der Waals surface area contributed by atoms with Gasteiger partial charge in [0.1, 0.15) is 36.3 Å². The number of amides is 5. The third-order valence-electron chi connectivity index (χ3n) is 9.82. The van der Waals surface area contributed by atoms with Gasteiger partial charge in [-0.2, -0.15) is 0 Å². The summed E-state index contributed by atoms with van der Waals surface area (Å²) < 4.78 is 0. The molecule has 9 atom stereocenters. The summed E-state index contributed by atoms with van der Waals surface area (Å²) in [5, 5.41) is 32.9. The highest BCUT2D eigenvalue weighted by Crippen LogP contribution is 2.24. The molecule has 0 bridgehead atoms. The van der Waals surface area contributed by atoms with E-state index in [-0.39, 0.29) is 50.1 Å². The van der Waals surface area contributed by atoms with Gasteiger partial charge < -0.3 is 54.0 Å². The number of hydrogen-bond donors (Lipinski definition) is 10. The molecule has 1 aliphatic heterocycles. The van der Waals surface area contributed by atoms with Crippen molar-refractivity contribution in [2.24, 2.45) is 39.9 Å². The number of unbranched alkanes of at least 4 members (excludes halogenated alkanes) is 1. The Labute approximate surface area is 334 Å². The maximum absolute atomic E-state index is 13.8. The van der Waals surface area contributed by atoms with Crippen LogP contribution in [-0.2, 0) is 33.6 Å². The molecule has 19 heteroatoms. The monoisotopic (exact) mass is 813 g/mol. The molecule has 56 heavy (non-hydrogen) atoms. The lowest BCUT2D eigenvalue weighted by Gasteiger charge is -2.29. The summed E-state index contributed by atoms with van der Waals surface area (Å²) in [7, 11) is 0. The Hall–Kier alpha value is -3.81. The number of carbonyl (C=O) groups excluding carboxylic acids is 5. The highest BCUT2D eigenvalue weighted by atomic mass is 32.2. The number of aliphatic carboxylic acids is 2. The van der Waals surface area contributed by atoms with Crippen LogP contribution in [0.25, 0.3) is 0 Å². The number of nitrogens with zero attached hydrogens (tertiary/aromatic N) is 1. The van der Waals surface area contributed by atoms with Crippen molar-refractivity contribution in [1.82, 2.24) is 26.6 Å². The minimum absolute atomic E-state index is 0.0619. The molecule has 1 heterocycles. The maximum Gasteiger partial charge on any atom is 0.326 e. The number of carbonyl (C=O) groups is 7. The van der Waals surface area contributed by atoms with Crippen LogP contribution >= 0.6 is 11.8 Å². The van der Waals surface area contributed by atoms with E-state index in [1.165, 1.54) is 11.8 Å². The van der Waals surface area contributed by atoms with Gasteiger partial charge in [-0.1, -0.05) is 54.4 Å². The van der Waals surface area contributed by atoms with Crippen LogP contribution < -0.4 is 43.8 Å². The third-order valence-corrected chi connectivity index (χ3v) is 11.0. The minimum Gasteiger partial charge on any atom is -0.481 e. The Morgan fingerprint density at radius 2 is 1.25 bits per heavy atom. The molecule has 5 amide bonds. The summed E-state index contributed by atoms with van der Waals surface area (Å²) in [6.07, 6.45) is 2.16. The van der Waals surface area contributed by atoms with E-state index in [1.54, 1.807) is 13.8 Å². The van der Waals surface area contributed by atoms with Gasteiger partial charge in [-0.25, -0.2) is 4.79 Å². The molecule has 0 aliphatic carbocycles. The quantitative estimate of drug-likeness (QED) is 0.0473. The highest BCUT2D eigenvalue weighted by Gasteiger charge is 2.36. The van der Waals surface area contributed by atoms with Crippen molar-refractivity contribution in [3.05, 3.63) is 0 Å². The van der Waals surface area contributed by atoms with E-state index in [0.717, 1.165) is 6.42 Å². The van der Waals surface area contributed by atoms with E-state index >= 15 is 0 Å². The topological polar surface area (TPSA) is 311 Å². The molecule has 0 fully saturated rings. The van der Waals surface area contributed by atoms with Crippen molar-refractivity contribution in [2.45, 2.75) is 148 Å². The first-order chi connectivity index (χ1) is 26.4. The van der Waals surface area contributed by atoms with Gasteiger partial charge in [-0.05, 0) is 75.8 Å². The van der Waals surface area contributed by atoms with E-state index in [2.05, 4.69) is 31.6 Å². The summed E-state index contributed by atoms with van der Waals surface area (Å²) in [5.41, 5.74) is 17.5. The molecule has 18 nitrogen and oxygen atoms in total. The van der Waals surface area contributed by atoms with Crippen LogP contribution in [0, 0.1) is 17.8 Å². The molecule has 0 saturated carbocycles. The van der Waals surface area contributed by atoms with Gasteiger partial charge in [0.2, 0.25) is 29.5 Å². The van der Waals surface area contributed by atoms with Crippen LogP contribution in [0.4, 0.5) is 0 Å². The standard InChI is InChI=1S/C37H67N9O9S/c1-7-21(5)29(40)36-45-27(19-56-36)34(52)44-26(18-20(3)4)33(51)41-24(14-15-28(47)48)32(50)46-30(22(6)8-2)35(53)42-23(12-9-10-16-38)31(49)43-25(37(54)55)13-11-17-39/h20-27,29-30H,7-19,38-40H2,1-6H3,(H,41,51)(H,42,53)(H,43,49)(H,44,52)(H,46,50)(H,47,48)(H,54,55)/t21-,22+,23+,24-,25-,26+,27?,29-,30+/m1/s1. The zero-order chi connectivity index (χ0) is 42.5. The summed E-state index contributed by atoms with van der Waals surface area (Å²) in [5.74, 6) is -6.01. The van der Waals surface area contributed by atoms with Crippen molar-refractivity contribution in [3.63, 3.8) is 0 Å². The Bertz CT molecular complexity index is 1350. The van der Waals surface area contributed by atoms with Crippen molar-refractivity contribution in [2.75, 3.05) is 18.8 Å². The summed E-state index contributed by atoms with van der Waals surface area (Å²) >= 11 is 1.40. The van der Waals surface area contributed by atoms with Crippen LogP contribution in [0.3, 0.4) is 0 Å². The second-order valence-electron chi connectivity index (χ2n) is 14.9. The Kier molecular flexibility index (Phi) is 23.5. The van der Waals surface area contributed by atoms with E-state index in [1.807, 2.05) is 27.7 Å². The van der Waals surface area contributed by atoms with Crippen molar-refractivity contribution in [1.29, 1.82) is 0 Å². The molecule has 1 rings (SSSR count). The summed E-state index contributed by atoms with van der Waals surface area (Å²) in [6, 6.07) is -7.21. The summed E-state index contributed by atoms with van der Waals surface area (Å²) in [4.78, 5) is 96.0. The lowest BCUT2D eigenvalue weighted by atomic mass is 9.96. The minimum atomic E-state index is -1.41. The first-order valence-electron chi connectivity index (χ1n) is 19.7. The van der Waals surface area contributed by atoms with Crippen LogP contribution in [0.15, 0.2) is 4.99 Å². The second-order valence-corrected chi connectivity index (χ2v) is 16.0. The molecule has 0 aromatic heterocycles. The van der Waals surface area contributed by atoms with Gasteiger partial charge in [-0.3, -0.25) is 33.8 Å². The molecule has 1 unspecified atom stereocenters. The average Bonchev–Trinajstić information content (AvgIpc) is 3.65. The van der Waals surface area contributed by atoms with Crippen LogP contribution in [0.5, 0.6) is 0 Å². The number of hydrogen-bond acceptors (Lipinski definition) is 12. The first-order valence-corrected chi connectivity index (χ1v) is 20.7. The second kappa shape index (κ2) is 26.2. The van der Waals surface area contributed by atoms with Gasteiger partial charge in [0.05, 0.1) is 11.1 Å². The fourth-order valence-corrected chi connectivity index (χ4v) is 7.00. The highest BCUT2D eigenvalue weighted by molar-refractivity contribution is 8.14. The van der Waals surface area contributed by atoms with Crippen molar-refractivity contribution in [3.8, 4) is 0 Å². The molecule has 0 saturated heterocycles. The van der Waals surface area contributed by atoms with E-state index < -0.39 is 90.1 Å². The van der Waals surface area contributed by atoms with Crippen LogP contribution in [0.1, 0.15) is 106 Å². The number of carboxylic acid groups (broad SMARTS) is 2. The molecule has 0 aromatic rings. The Balaban J connectivity index is 3.29. The molecule has 1 aliphatic rings. The number of nitrogens with one attached hydrogen (secondary N) is 5. The number of rotatable bonds is 28. The molecule has 0 aromatic carbocycles. The van der Waals surface area contributed by atoms with E-state index in [0.29, 0.717) is 43.0 Å². The lowest BCUT2D eigenvalue weighted by molar-refractivity contribution is -0.142. The van der Waals surface area contributed by atoms with Gasteiger partial charge >= 0.3 is 11.9 Å². The number of thioether (sulfide) groups is 1. The average molecular weight is 814 g/mol. The number of nitrogens with two attached hydrogens (primary N) is 3. The molecule has 13 N–H and O–H groups in total. The lowest BCUT2D eigenvalue weighted by Crippen LogP contribution is -2.60. The van der Waals surface area contributed by atoms with Gasteiger partial charge in [0.15, 0.2) is 0 Å². The Morgan fingerprint density at radius 3 is 1.80 bits per heavy atom. The Morgan fingerprint density at radius 1 is 0.714 bits per heavy atom. The van der Waals surface area contributed by atoms with E-state index in [4.69, 9.17) is 17.2 Å². The van der Waals surface area contributed by atoms with Crippen LogP contribution in [-0.4, -0.2) is 118 Å². The largest absolute Gasteiger partial charge is 0.481 e.